The summed E-state index contributed by atoms with van der Waals surface area (Å²) in [6.07, 6.45) is 6.58. The van der Waals surface area contributed by atoms with Gasteiger partial charge in [-0.05, 0) is 56.0 Å². The Morgan fingerprint density at radius 1 is 1.03 bits per heavy atom. The minimum atomic E-state index is -0.360. The highest BCUT2D eigenvalue weighted by atomic mass is 19.1. The number of aromatic amines is 1. The fourth-order valence-corrected chi connectivity index (χ4v) is 4.69. The van der Waals surface area contributed by atoms with Crippen LogP contribution in [-0.4, -0.2) is 56.2 Å². The van der Waals surface area contributed by atoms with Crippen molar-refractivity contribution in [3.8, 4) is 0 Å². The quantitative estimate of drug-likeness (QED) is 0.703. The average Bonchev–Trinajstić information content (AvgIpc) is 3.45. The maximum Gasteiger partial charge on any atom is 0.253 e. The lowest BCUT2D eigenvalue weighted by atomic mass is 9.94. The van der Waals surface area contributed by atoms with Gasteiger partial charge in [-0.1, -0.05) is 0 Å². The largest absolute Gasteiger partial charge is 0.339 e. The Morgan fingerprint density at radius 2 is 1.81 bits per heavy atom. The van der Waals surface area contributed by atoms with Crippen LogP contribution in [0.5, 0.6) is 0 Å². The Kier molecular flexibility index (Phi) is 5.13. The second-order valence-electron chi connectivity index (χ2n) is 8.28. The number of fused-ring (bicyclic) bond motifs is 1. The van der Waals surface area contributed by atoms with E-state index in [1.165, 1.54) is 24.3 Å². The van der Waals surface area contributed by atoms with Crippen LogP contribution in [0.25, 0.3) is 11.0 Å². The molecule has 5 rings (SSSR count). The molecule has 160 valence electrons. The molecular formula is C23H24FN5O2. The summed E-state index contributed by atoms with van der Waals surface area (Å²) in [4.78, 5) is 41.8. The Labute approximate surface area is 179 Å². The lowest BCUT2D eigenvalue weighted by Crippen LogP contribution is -2.44. The van der Waals surface area contributed by atoms with Crippen LogP contribution in [0, 0.1) is 11.7 Å². The number of nitrogens with one attached hydrogen (secondary N) is 1. The van der Waals surface area contributed by atoms with Crippen LogP contribution in [0.3, 0.4) is 0 Å². The number of nitrogens with zero attached hydrogens (tertiary/aromatic N) is 4. The normalized spacial score (nSPS) is 19.8. The summed E-state index contributed by atoms with van der Waals surface area (Å²) in [5.74, 6) is 0.402. The van der Waals surface area contributed by atoms with Crippen molar-refractivity contribution >= 4 is 22.8 Å². The molecule has 31 heavy (non-hydrogen) atoms. The second kappa shape index (κ2) is 8.09. The Balaban J connectivity index is 1.24. The molecule has 7 nitrogen and oxygen atoms in total. The Hall–Kier alpha value is -3.29. The number of amides is 2. The number of H-pyrrole nitrogens is 1. The van der Waals surface area contributed by atoms with Crippen LogP contribution < -0.4 is 0 Å². The molecule has 4 heterocycles. The first-order valence-corrected chi connectivity index (χ1v) is 10.7. The van der Waals surface area contributed by atoms with Crippen molar-refractivity contribution in [3.05, 3.63) is 59.9 Å². The zero-order valence-corrected chi connectivity index (χ0v) is 17.1. The molecule has 1 N–H and O–H groups in total. The van der Waals surface area contributed by atoms with Crippen molar-refractivity contribution in [3.63, 3.8) is 0 Å². The molecule has 0 aliphatic carbocycles. The van der Waals surface area contributed by atoms with Crippen molar-refractivity contribution in [1.82, 2.24) is 24.8 Å². The maximum absolute atomic E-state index is 13.3. The minimum Gasteiger partial charge on any atom is -0.339 e. The summed E-state index contributed by atoms with van der Waals surface area (Å²) in [5.41, 5.74) is 2.21. The average molecular weight is 421 g/mol. The number of imidazole rings is 1. The lowest BCUT2D eigenvalue weighted by molar-refractivity contribution is -0.138. The third-order valence-electron chi connectivity index (χ3n) is 6.38. The van der Waals surface area contributed by atoms with Gasteiger partial charge in [0, 0.05) is 37.3 Å². The molecule has 1 unspecified atom stereocenters. The monoisotopic (exact) mass is 421 g/mol. The van der Waals surface area contributed by atoms with Crippen LogP contribution in [0.15, 0.2) is 42.7 Å². The highest BCUT2D eigenvalue weighted by Gasteiger charge is 2.37. The molecule has 0 radical (unpaired) electrons. The highest BCUT2D eigenvalue weighted by Crippen LogP contribution is 2.34. The second-order valence-corrected chi connectivity index (χ2v) is 8.28. The van der Waals surface area contributed by atoms with E-state index in [1.54, 1.807) is 17.3 Å². The number of hydrogen-bond acceptors (Lipinski definition) is 4. The van der Waals surface area contributed by atoms with E-state index in [1.807, 2.05) is 11.0 Å². The Bertz CT molecular complexity index is 1070. The van der Waals surface area contributed by atoms with Crippen molar-refractivity contribution in [2.45, 2.75) is 31.7 Å². The van der Waals surface area contributed by atoms with Gasteiger partial charge in [0.1, 0.15) is 11.6 Å². The van der Waals surface area contributed by atoms with Gasteiger partial charge in [-0.3, -0.25) is 14.6 Å². The third-order valence-corrected chi connectivity index (χ3v) is 6.38. The molecule has 0 bridgehead atoms. The van der Waals surface area contributed by atoms with E-state index < -0.39 is 0 Å². The highest BCUT2D eigenvalue weighted by molar-refractivity contribution is 5.94. The number of aromatic nitrogens is 3. The molecule has 2 amide bonds. The van der Waals surface area contributed by atoms with E-state index in [2.05, 4.69) is 15.0 Å². The molecular weight excluding hydrogens is 397 g/mol. The minimum absolute atomic E-state index is 0.0428. The molecule has 2 fully saturated rings. The zero-order valence-electron chi connectivity index (χ0n) is 17.1. The molecule has 1 atom stereocenters. The number of hydrogen-bond donors (Lipinski definition) is 1. The summed E-state index contributed by atoms with van der Waals surface area (Å²) >= 11 is 0. The van der Waals surface area contributed by atoms with Crippen LogP contribution in [0.2, 0.25) is 0 Å². The molecule has 2 aliphatic rings. The van der Waals surface area contributed by atoms with E-state index in [0.29, 0.717) is 31.5 Å². The van der Waals surface area contributed by atoms with Crippen molar-refractivity contribution in [2.24, 2.45) is 5.92 Å². The van der Waals surface area contributed by atoms with Gasteiger partial charge >= 0.3 is 0 Å². The summed E-state index contributed by atoms with van der Waals surface area (Å²) < 4.78 is 13.1. The lowest BCUT2D eigenvalue weighted by Gasteiger charge is -2.34. The fourth-order valence-electron chi connectivity index (χ4n) is 4.69. The zero-order chi connectivity index (χ0) is 21.4. The number of carbonyl (C=O) groups is 2. The summed E-state index contributed by atoms with van der Waals surface area (Å²) in [5, 5.41) is 0. The number of halogens is 1. The van der Waals surface area contributed by atoms with E-state index in [0.717, 1.165) is 36.2 Å². The van der Waals surface area contributed by atoms with Crippen LogP contribution in [-0.2, 0) is 4.79 Å². The van der Waals surface area contributed by atoms with E-state index in [-0.39, 0.29) is 29.6 Å². The van der Waals surface area contributed by atoms with Gasteiger partial charge in [-0.2, -0.15) is 0 Å². The van der Waals surface area contributed by atoms with Crippen LogP contribution in [0.4, 0.5) is 4.39 Å². The molecule has 2 saturated heterocycles. The molecule has 1 aromatic carbocycles. The van der Waals surface area contributed by atoms with Gasteiger partial charge in [-0.25, -0.2) is 9.37 Å². The smallest absolute Gasteiger partial charge is 0.253 e. The first-order valence-electron chi connectivity index (χ1n) is 10.7. The summed E-state index contributed by atoms with van der Waals surface area (Å²) in [6.45, 7) is 1.79. The summed E-state index contributed by atoms with van der Waals surface area (Å²) in [7, 11) is 0. The maximum atomic E-state index is 13.3. The third kappa shape index (κ3) is 3.78. The fraction of sp³-hybridized carbons (Fsp3) is 0.391. The molecule has 2 aromatic heterocycles. The number of pyridine rings is 1. The van der Waals surface area contributed by atoms with Crippen LogP contribution in [0.1, 0.15) is 47.9 Å². The molecule has 8 heteroatoms. The van der Waals surface area contributed by atoms with Gasteiger partial charge in [0.25, 0.3) is 5.91 Å². The standard InChI is InChI=1S/C23H24FN5O2/c24-17-5-3-15(4-6-17)22(30)28-12-8-16(9-13-28)23(31)29-11-1-2-20(29)21-26-18-7-10-25-14-19(18)27-21/h3-7,10,14,16,20H,1-2,8-9,11-13H2,(H,26,27). The van der Waals surface area contributed by atoms with Gasteiger partial charge < -0.3 is 14.8 Å². The SMILES string of the molecule is O=C(c1ccc(F)cc1)N1CCC(C(=O)N2CCCC2c2nc3ccncc3[nH]2)CC1. The van der Waals surface area contributed by atoms with Crippen molar-refractivity contribution in [1.29, 1.82) is 0 Å². The van der Waals surface area contributed by atoms with E-state index in [9.17, 15) is 14.0 Å². The predicted molar refractivity (Wildman–Crippen MR) is 113 cm³/mol. The number of piperidine rings is 1. The van der Waals surface area contributed by atoms with Crippen LogP contribution >= 0.6 is 0 Å². The number of likely N-dealkylation sites (tertiary alicyclic amines) is 2. The number of rotatable bonds is 3. The van der Waals surface area contributed by atoms with Gasteiger partial charge in [0.15, 0.2) is 0 Å². The molecule has 2 aliphatic heterocycles. The number of benzene rings is 1. The van der Waals surface area contributed by atoms with E-state index >= 15 is 0 Å². The topological polar surface area (TPSA) is 82.2 Å². The van der Waals surface area contributed by atoms with Gasteiger partial charge in [0.2, 0.25) is 5.91 Å². The van der Waals surface area contributed by atoms with E-state index in [4.69, 9.17) is 0 Å². The van der Waals surface area contributed by atoms with Gasteiger partial charge in [-0.15, -0.1) is 0 Å². The first kappa shape index (κ1) is 19.7. The molecule has 3 aromatic rings. The number of carbonyl (C=O) groups excluding carboxylic acids is 2. The molecule has 0 saturated carbocycles. The Morgan fingerprint density at radius 3 is 2.55 bits per heavy atom. The molecule has 0 spiro atoms. The summed E-state index contributed by atoms with van der Waals surface area (Å²) in [6, 6.07) is 7.43. The van der Waals surface area contributed by atoms with Gasteiger partial charge in [0.05, 0.1) is 23.3 Å². The first-order chi connectivity index (χ1) is 15.1. The predicted octanol–water partition coefficient (Wildman–Crippen LogP) is 3.31. The van der Waals surface area contributed by atoms with Crippen molar-refractivity contribution in [2.75, 3.05) is 19.6 Å². The van der Waals surface area contributed by atoms with Crippen molar-refractivity contribution < 1.29 is 14.0 Å².